The lowest BCUT2D eigenvalue weighted by Gasteiger charge is -2.57. The first-order valence-corrected chi connectivity index (χ1v) is 8.81. The first-order chi connectivity index (χ1) is 14.7. The zero-order valence-corrected chi connectivity index (χ0v) is 14.4. The van der Waals surface area contributed by atoms with Crippen molar-refractivity contribution in [1.29, 1.82) is 0 Å². The van der Waals surface area contributed by atoms with Gasteiger partial charge in [-0.3, -0.25) is 14.4 Å². The number of allylic oxidation sites excluding steroid dienone is 1. The van der Waals surface area contributed by atoms with Gasteiger partial charge in [-0.1, -0.05) is 19.4 Å². The van der Waals surface area contributed by atoms with Crippen molar-refractivity contribution in [3.8, 4) is 0 Å². The quantitative estimate of drug-likeness (QED) is 0.787. The number of rotatable bonds is 1. The molecule has 0 aliphatic heterocycles. The molecule has 4 aliphatic carbocycles. The van der Waals surface area contributed by atoms with E-state index in [1.54, 1.807) is 0 Å². The van der Waals surface area contributed by atoms with Gasteiger partial charge in [0.25, 0.3) is 0 Å². The summed E-state index contributed by atoms with van der Waals surface area (Å²) in [4.78, 5) is 38.9. The van der Waals surface area contributed by atoms with E-state index in [2.05, 4.69) is 0 Å². The van der Waals surface area contributed by atoms with Gasteiger partial charge in [0.2, 0.25) is 0 Å². The number of carbonyl (C=O) groups excluding carboxylic acids is 3. The second-order valence-electron chi connectivity index (χ2n) is 8.52. The molecule has 0 aromatic heterocycles. The summed E-state index contributed by atoms with van der Waals surface area (Å²) < 4.78 is 64.6. The fraction of sp³-hybridized carbons (Fsp3) is 0.762. The molecule has 6 atom stereocenters. The lowest BCUT2D eigenvalue weighted by Crippen LogP contribution is -2.60. The Balaban J connectivity index is 1.87. The topological polar surface area (TPSA) is 71.4 Å². The Bertz CT molecular complexity index is 1000. The number of hydrogen-bond donors (Lipinski definition) is 1. The first-order valence-electron chi connectivity index (χ1n) is 12.8. The van der Waals surface area contributed by atoms with Crippen LogP contribution in [0.1, 0.15) is 76.5 Å². The van der Waals surface area contributed by atoms with E-state index in [-0.39, 0.29) is 31.3 Å². The monoisotopic (exact) mass is 352 g/mol. The number of Topliss-reactive ketones (excluding diaryl/α,β-unsaturated/α-hetero) is 2. The zero-order valence-electron chi connectivity index (χ0n) is 22.4. The normalized spacial score (nSPS) is 58.8. The molecular formula is C21H28O4. The molecule has 1 N–H and O–H groups in total. The number of ketones is 3. The van der Waals surface area contributed by atoms with Crippen LogP contribution in [0.15, 0.2) is 11.6 Å². The minimum Gasteiger partial charge on any atom is -0.381 e. The molecule has 1 unspecified atom stereocenters. The Morgan fingerprint density at radius 3 is 2.80 bits per heavy atom. The largest absolute Gasteiger partial charge is 0.381 e. The highest BCUT2D eigenvalue weighted by molar-refractivity contribution is 5.94. The van der Waals surface area contributed by atoms with Crippen molar-refractivity contribution in [3.63, 3.8) is 0 Å². The van der Waals surface area contributed by atoms with E-state index in [1.165, 1.54) is 13.8 Å². The molecule has 0 bridgehead atoms. The van der Waals surface area contributed by atoms with E-state index < -0.39 is 83.6 Å². The van der Waals surface area contributed by atoms with Crippen LogP contribution in [0.25, 0.3) is 0 Å². The molecular weight excluding hydrogens is 316 g/mol. The molecule has 0 radical (unpaired) electrons. The van der Waals surface area contributed by atoms with Crippen LogP contribution in [0.5, 0.6) is 0 Å². The van der Waals surface area contributed by atoms with Crippen LogP contribution in [0, 0.1) is 28.6 Å². The molecule has 3 fully saturated rings. The maximum atomic E-state index is 13.6. The molecule has 0 spiro atoms. The highest BCUT2D eigenvalue weighted by Crippen LogP contribution is 2.66. The molecule has 0 aromatic carbocycles. The summed E-state index contributed by atoms with van der Waals surface area (Å²) in [5.74, 6) is -4.99. The molecule has 4 aliphatic rings. The molecule has 4 heteroatoms. The Kier molecular flexibility index (Phi) is 2.08. The number of aliphatic hydroxyl groups is 1. The van der Waals surface area contributed by atoms with E-state index >= 15 is 0 Å². The Morgan fingerprint density at radius 1 is 1.32 bits per heavy atom. The number of fused-ring (bicyclic) bond motifs is 5. The molecule has 25 heavy (non-hydrogen) atoms. The summed E-state index contributed by atoms with van der Waals surface area (Å²) >= 11 is 0. The average molecular weight is 352 g/mol. The maximum absolute atomic E-state index is 13.6. The summed E-state index contributed by atoms with van der Waals surface area (Å²) in [5, 5.41) is 11.3. The Hall–Kier alpha value is -1.29. The van der Waals surface area contributed by atoms with Gasteiger partial charge in [-0.05, 0) is 62.2 Å². The molecule has 0 saturated heterocycles. The molecule has 136 valence electrons. The van der Waals surface area contributed by atoms with Crippen LogP contribution >= 0.6 is 0 Å². The molecule has 4 rings (SSSR count). The predicted octanol–water partition coefficient (Wildman–Crippen LogP) is 3.02. The fourth-order valence-corrected chi connectivity index (χ4v) is 6.03. The molecule has 3 saturated carbocycles. The van der Waals surface area contributed by atoms with Gasteiger partial charge < -0.3 is 5.11 Å². The van der Waals surface area contributed by atoms with E-state index in [9.17, 15) is 19.5 Å². The van der Waals surface area contributed by atoms with Crippen LogP contribution < -0.4 is 0 Å². The Labute approximate surface area is 160 Å². The summed E-state index contributed by atoms with van der Waals surface area (Å²) in [6.45, 7) is -0.00807. The molecule has 4 nitrogen and oxygen atoms in total. The second kappa shape index (κ2) is 5.12. The van der Waals surface area contributed by atoms with Crippen molar-refractivity contribution in [1.82, 2.24) is 0 Å². The van der Waals surface area contributed by atoms with E-state index in [0.717, 1.165) is 0 Å². The van der Waals surface area contributed by atoms with Crippen LogP contribution in [0.2, 0.25) is 0 Å². The molecule has 0 amide bonds. The van der Waals surface area contributed by atoms with Crippen molar-refractivity contribution < 1.29 is 30.5 Å². The second-order valence-corrected chi connectivity index (χ2v) is 8.52. The van der Waals surface area contributed by atoms with Gasteiger partial charge in [0, 0.05) is 33.7 Å². The number of hydrogen-bond acceptors (Lipinski definition) is 4. The number of carbonyl (C=O) groups is 3. The summed E-state index contributed by atoms with van der Waals surface area (Å²) in [5.41, 5.74) is -5.24. The van der Waals surface area contributed by atoms with Crippen molar-refractivity contribution in [2.45, 2.75) is 71.2 Å². The smallest absolute Gasteiger partial charge is 0.161 e. The van der Waals surface area contributed by atoms with Crippen molar-refractivity contribution in [3.05, 3.63) is 11.6 Å². The van der Waals surface area contributed by atoms with E-state index in [4.69, 9.17) is 11.0 Å². The van der Waals surface area contributed by atoms with Gasteiger partial charge in [-0.15, -0.1) is 0 Å². The van der Waals surface area contributed by atoms with Gasteiger partial charge in [0.1, 0.15) is 11.4 Å². The maximum Gasteiger partial charge on any atom is 0.161 e. The van der Waals surface area contributed by atoms with Gasteiger partial charge in [-0.25, -0.2) is 0 Å². The third-order valence-corrected chi connectivity index (χ3v) is 7.42. The van der Waals surface area contributed by atoms with Crippen molar-refractivity contribution in [2.75, 3.05) is 0 Å². The highest BCUT2D eigenvalue weighted by atomic mass is 16.3. The van der Waals surface area contributed by atoms with Crippen LogP contribution in [-0.2, 0) is 14.4 Å². The highest BCUT2D eigenvalue weighted by Gasteiger charge is 2.67. The van der Waals surface area contributed by atoms with E-state index in [0.29, 0.717) is 0 Å². The van der Waals surface area contributed by atoms with Crippen LogP contribution in [0.4, 0.5) is 0 Å². The van der Waals surface area contributed by atoms with Gasteiger partial charge in [-0.2, -0.15) is 0 Å². The lowest BCUT2D eigenvalue weighted by atomic mass is 9.46. The first kappa shape index (κ1) is 10.1. The van der Waals surface area contributed by atoms with Crippen molar-refractivity contribution in [2.24, 2.45) is 28.6 Å². The molecule has 0 aromatic rings. The average Bonchev–Trinajstić information content (AvgIpc) is 2.88. The van der Waals surface area contributed by atoms with Crippen LogP contribution in [0.3, 0.4) is 0 Å². The fourth-order valence-electron chi connectivity index (χ4n) is 6.03. The summed E-state index contributed by atoms with van der Waals surface area (Å²) in [6.07, 6.45) is -5.53. The summed E-state index contributed by atoms with van der Waals surface area (Å²) in [6, 6.07) is -0.723. The lowest BCUT2D eigenvalue weighted by molar-refractivity contribution is -0.167. The van der Waals surface area contributed by atoms with Gasteiger partial charge in [0.05, 0.1) is 1.37 Å². The SMILES string of the molecule is [2H]C1=C2C([2H])([2H])CC3[C@H](C(=O)C[C@@]4(C)[C@H]3CC[C@]4(O)C(=O)C([2H])([2H])[2H])[C@@]2(C)CC([2H])([2H])C1=O. The minimum absolute atomic E-state index is 0.153. The molecule has 0 heterocycles. The standard InChI is InChI=1S/C21H28O4/c1-12(22)21(25)9-7-16-15-5-4-13-10-14(23)6-8-19(13,2)18(15)17(24)11-20(16,21)3/h10,15-16,18,25H,4-9,11H2,1-3H3/t15?,16-,18+,19-,20-,21-/m0/s1/i1D3,4D2,6D2,10D. The van der Waals surface area contributed by atoms with E-state index in [1.807, 2.05) is 0 Å². The third kappa shape index (κ3) is 2.00. The minimum atomic E-state index is -3.06. The van der Waals surface area contributed by atoms with Crippen molar-refractivity contribution >= 4 is 17.3 Å². The van der Waals surface area contributed by atoms with Gasteiger partial charge in [0.15, 0.2) is 11.6 Å². The van der Waals surface area contributed by atoms with Gasteiger partial charge >= 0.3 is 0 Å². The summed E-state index contributed by atoms with van der Waals surface area (Å²) in [7, 11) is 0. The third-order valence-electron chi connectivity index (χ3n) is 7.42. The Morgan fingerprint density at radius 2 is 2.08 bits per heavy atom. The van der Waals surface area contributed by atoms with Crippen LogP contribution in [-0.4, -0.2) is 28.1 Å². The predicted molar refractivity (Wildman–Crippen MR) is 92.7 cm³/mol. The zero-order chi connectivity index (χ0) is 25.2.